The highest BCUT2D eigenvalue weighted by Crippen LogP contribution is 2.30. The predicted molar refractivity (Wildman–Crippen MR) is 54.5 cm³/mol. The van der Waals surface area contributed by atoms with Crippen LogP contribution in [-0.4, -0.2) is 4.98 Å². The van der Waals surface area contributed by atoms with E-state index in [1.807, 2.05) is 0 Å². The molecule has 0 amide bonds. The Balaban J connectivity index is 3.00. The van der Waals surface area contributed by atoms with Crippen LogP contribution in [0.15, 0.2) is 21.8 Å². The van der Waals surface area contributed by atoms with E-state index >= 15 is 0 Å². The van der Waals surface area contributed by atoms with E-state index < -0.39 is 0 Å². The summed E-state index contributed by atoms with van der Waals surface area (Å²) in [6, 6.07) is 3.30. The summed E-state index contributed by atoms with van der Waals surface area (Å²) >= 11 is 9.43. The summed E-state index contributed by atoms with van der Waals surface area (Å²) in [5.74, 6) is 0. The van der Waals surface area contributed by atoms with Gasteiger partial charge in [-0.05, 0) is 32.8 Å². The first kappa shape index (κ1) is 9.38. The lowest BCUT2D eigenvalue weighted by molar-refractivity contribution is 1.15. The van der Waals surface area contributed by atoms with Gasteiger partial charge in [0.25, 0.3) is 5.56 Å². The number of halogens is 1. The fraction of sp³-hybridized carbons (Fsp3) is 0. The highest BCUT2D eigenvalue weighted by molar-refractivity contribution is 9.05. The van der Waals surface area contributed by atoms with Gasteiger partial charge < -0.3 is 4.98 Å². The quantitative estimate of drug-likeness (QED) is 0.461. The zero-order valence-electron chi connectivity index (χ0n) is 5.20. The maximum Gasteiger partial charge on any atom is 0.263 e. The fourth-order valence-electron chi connectivity index (χ4n) is 0.542. The molecule has 0 radical (unpaired) electrons. The third kappa shape index (κ3) is 2.66. The first-order chi connectivity index (χ1) is 5.24. The molecule has 2 nitrogen and oxygen atoms in total. The Morgan fingerprint density at radius 3 is 2.82 bits per heavy atom. The largest absolute Gasteiger partial charge is 0.312 e. The lowest BCUT2D eigenvalue weighted by Crippen LogP contribution is -2.06. The number of hydrogen-bond acceptors (Lipinski definition) is 4. The number of hydrogen-bond donors (Lipinski definition) is 2. The zero-order chi connectivity index (χ0) is 8.27. The maximum atomic E-state index is 11.0. The van der Waals surface area contributed by atoms with Crippen LogP contribution in [0.5, 0.6) is 0 Å². The van der Waals surface area contributed by atoms with E-state index in [1.165, 1.54) is 20.6 Å². The van der Waals surface area contributed by atoms with Gasteiger partial charge in [-0.15, -0.1) is 0 Å². The third-order valence-corrected chi connectivity index (χ3v) is 3.19. The van der Waals surface area contributed by atoms with Gasteiger partial charge >= 0.3 is 0 Å². The smallest absolute Gasteiger partial charge is 0.263 e. The van der Waals surface area contributed by atoms with E-state index in [0.717, 1.165) is 0 Å². The molecule has 0 unspecified atom stereocenters. The van der Waals surface area contributed by atoms with Crippen molar-refractivity contribution in [3.05, 3.63) is 27.6 Å². The van der Waals surface area contributed by atoms with Crippen LogP contribution in [0.3, 0.4) is 0 Å². The van der Waals surface area contributed by atoms with Gasteiger partial charge in [-0.25, -0.2) is 0 Å². The van der Waals surface area contributed by atoms with Crippen LogP contribution < -0.4 is 5.56 Å². The van der Waals surface area contributed by atoms with Crippen LogP contribution in [0.1, 0.15) is 0 Å². The second kappa shape index (κ2) is 4.35. The second-order valence-electron chi connectivity index (χ2n) is 1.66. The number of aromatic nitrogens is 1. The number of nitrogens with one attached hydrogen (secondary N) is 1. The van der Waals surface area contributed by atoms with Crippen molar-refractivity contribution in [1.82, 2.24) is 4.98 Å². The highest BCUT2D eigenvalue weighted by Gasteiger charge is 1.98. The van der Waals surface area contributed by atoms with Crippen molar-refractivity contribution in [3.8, 4) is 0 Å². The summed E-state index contributed by atoms with van der Waals surface area (Å²) in [7, 11) is 2.51. The highest BCUT2D eigenvalue weighted by atomic mass is 35.5. The summed E-state index contributed by atoms with van der Waals surface area (Å²) in [6.45, 7) is 0. The molecule has 0 bridgehead atoms. The SMILES string of the molecule is O=c1[nH]c(Cl)ccc1SSS. The molecule has 60 valence electrons. The molecule has 1 aromatic heterocycles. The minimum atomic E-state index is -0.177. The van der Waals surface area contributed by atoms with Crippen LogP contribution >= 0.6 is 43.9 Å². The van der Waals surface area contributed by atoms with Crippen molar-refractivity contribution >= 4 is 43.9 Å². The monoisotopic (exact) mass is 225 g/mol. The van der Waals surface area contributed by atoms with E-state index in [2.05, 4.69) is 16.6 Å². The maximum absolute atomic E-state index is 11.0. The Morgan fingerprint density at radius 2 is 2.27 bits per heavy atom. The Kier molecular flexibility index (Phi) is 3.71. The van der Waals surface area contributed by atoms with E-state index in [4.69, 9.17) is 11.6 Å². The average Bonchev–Trinajstić information content (AvgIpc) is 1.95. The lowest BCUT2D eigenvalue weighted by Gasteiger charge is -1.94. The van der Waals surface area contributed by atoms with Gasteiger partial charge in [-0.3, -0.25) is 4.79 Å². The van der Waals surface area contributed by atoms with Crippen molar-refractivity contribution in [2.75, 3.05) is 0 Å². The van der Waals surface area contributed by atoms with Gasteiger partial charge in [0.2, 0.25) is 0 Å². The summed E-state index contributed by atoms with van der Waals surface area (Å²) in [5.41, 5.74) is -0.177. The molecule has 0 spiro atoms. The summed E-state index contributed by atoms with van der Waals surface area (Å²) in [5, 5.41) is 0.350. The molecular weight excluding hydrogens is 222 g/mol. The van der Waals surface area contributed by atoms with Gasteiger partial charge in [0.15, 0.2) is 0 Å². The molecule has 0 aliphatic heterocycles. The molecule has 1 rings (SSSR count). The minimum absolute atomic E-state index is 0.177. The molecule has 0 fully saturated rings. The van der Waals surface area contributed by atoms with Crippen molar-refractivity contribution in [1.29, 1.82) is 0 Å². The Morgan fingerprint density at radius 1 is 1.55 bits per heavy atom. The van der Waals surface area contributed by atoms with E-state index in [-0.39, 0.29) is 5.56 Å². The van der Waals surface area contributed by atoms with Crippen molar-refractivity contribution < 1.29 is 0 Å². The number of thiol groups is 1. The lowest BCUT2D eigenvalue weighted by atomic mass is 10.5. The number of H-pyrrole nitrogens is 1. The van der Waals surface area contributed by atoms with Crippen LogP contribution in [0.2, 0.25) is 5.15 Å². The Labute approximate surface area is 81.3 Å². The molecule has 1 N–H and O–H groups in total. The number of aromatic amines is 1. The topological polar surface area (TPSA) is 32.9 Å². The number of pyridine rings is 1. The predicted octanol–water partition coefficient (Wildman–Crippen LogP) is 2.61. The van der Waals surface area contributed by atoms with Gasteiger partial charge in [0, 0.05) is 0 Å². The van der Waals surface area contributed by atoms with Crippen LogP contribution in [0, 0.1) is 0 Å². The zero-order valence-corrected chi connectivity index (χ0v) is 8.49. The molecule has 0 aliphatic rings. The van der Waals surface area contributed by atoms with Crippen molar-refractivity contribution in [3.63, 3.8) is 0 Å². The molecule has 1 aromatic rings. The molecular formula is C5H4ClNOS3. The normalized spacial score (nSPS) is 10.0. The van der Waals surface area contributed by atoms with Gasteiger partial charge in [0.1, 0.15) is 5.15 Å². The molecule has 6 heteroatoms. The van der Waals surface area contributed by atoms with Crippen molar-refractivity contribution in [2.45, 2.75) is 4.90 Å². The third-order valence-electron chi connectivity index (χ3n) is 0.965. The average molecular weight is 226 g/mol. The van der Waals surface area contributed by atoms with Crippen LogP contribution in [-0.2, 0) is 0 Å². The Hall–Kier alpha value is 0.290. The summed E-state index contributed by atoms with van der Waals surface area (Å²) < 4.78 is 0. The second-order valence-corrected chi connectivity index (χ2v) is 5.11. The Bertz CT molecular complexity index is 300. The van der Waals surface area contributed by atoms with E-state index in [0.29, 0.717) is 10.0 Å². The van der Waals surface area contributed by atoms with Gasteiger partial charge in [-0.2, -0.15) is 0 Å². The molecule has 0 aliphatic carbocycles. The number of rotatable bonds is 2. The van der Waals surface area contributed by atoms with E-state index in [1.54, 1.807) is 12.1 Å². The first-order valence-corrected chi connectivity index (χ1v) is 6.19. The standard InChI is InChI=1S/C5H4ClNOS3/c6-4-2-1-3(10-11-9)5(8)7-4/h1-2,9H,(H,7,8). The van der Waals surface area contributed by atoms with Crippen molar-refractivity contribution in [2.24, 2.45) is 0 Å². The molecule has 0 atom stereocenters. The molecule has 1 heterocycles. The van der Waals surface area contributed by atoms with Crippen LogP contribution in [0.25, 0.3) is 0 Å². The fourth-order valence-corrected chi connectivity index (χ4v) is 2.38. The molecule has 0 saturated carbocycles. The summed E-state index contributed by atoms with van der Waals surface area (Å²) in [4.78, 5) is 14.1. The summed E-state index contributed by atoms with van der Waals surface area (Å²) in [6.07, 6.45) is 0. The first-order valence-electron chi connectivity index (χ1n) is 2.61. The molecule has 11 heavy (non-hydrogen) atoms. The van der Waals surface area contributed by atoms with Crippen LogP contribution in [0.4, 0.5) is 0 Å². The minimum Gasteiger partial charge on any atom is -0.312 e. The van der Waals surface area contributed by atoms with E-state index in [9.17, 15) is 4.79 Å². The van der Waals surface area contributed by atoms with Gasteiger partial charge in [0.05, 0.1) is 4.90 Å². The molecule has 0 aromatic carbocycles. The molecule has 0 saturated heterocycles. The van der Waals surface area contributed by atoms with Gasteiger partial charge in [-0.1, -0.05) is 23.3 Å².